The molecule has 33 heavy (non-hydrogen) atoms. The molecule has 0 aromatic carbocycles. The molecule has 2 rings (SSSR count). The van der Waals surface area contributed by atoms with Crippen LogP contribution in [-0.2, 0) is 23.5 Å². The van der Waals surface area contributed by atoms with Gasteiger partial charge in [-0.05, 0) is 57.7 Å². The van der Waals surface area contributed by atoms with Crippen LogP contribution < -0.4 is 10.6 Å². The van der Waals surface area contributed by atoms with E-state index in [0.29, 0.717) is 6.42 Å². The zero-order chi connectivity index (χ0) is 25.6. The molecule has 0 spiro atoms. The van der Waals surface area contributed by atoms with E-state index in [9.17, 15) is 29.4 Å². The molecule has 5 atom stereocenters. The normalized spacial score (nSPS) is 27.8. The topological polar surface area (TPSA) is 151 Å². The van der Waals surface area contributed by atoms with Crippen LogP contribution in [0.5, 0.6) is 0 Å². The Morgan fingerprint density at radius 2 is 1.67 bits per heavy atom. The minimum Gasteiger partial charge on any atom is -0.481 e. The Morgan fingerprint density at radius 1 is 1.09 bits per heavy atom. The molecule has 0 aromatic heterocycles. The second kappa shape index (κ2) is 8.90. The number of amides is 2. The molecule has 2 aliphatic rings. The SMILES string of the molecule is CC(C)(C)OC(=O)N[C@@]1(C(=O)N[C@@H](CO[Si](C)(C)C(C)(C)C)C(=O)O)CC[C@H]2[C@H](C(=O)O)[C@H]21. The van der Waals surface area contributed by atoms with Gasteiger partial charge in [0.25, 0.3) is 0 Å². The maximum absolute atomic E-state index is 13.4. The number of aliphatic carboxylic acids is 2. The average molecular weight is 487 g/mol. The molecule has 188 valence electrons. The first kappa shape index (κ1) is 27.1. The van der Waals surface area contributed by atoms with Crippen LogP contribution in [-0.4, -0.2) is 66.3 Å². The van der Waals surface area contributed by atoms with Crippen molar-refractivity contribution in [3.8, 4) is 0 Å². The first-order valence-corrected chi connectivity index (χ1v) is 14.1. The Hall–Kier alpha value is -2.14. The van der Waals surface area contributed by atoms with Gasteiger partial charge in [-0.25, -0.2) is 9.59 Å². The summed E-state index contributed by atoms with van der Waals surface area (Å²) in [5, 5.41) is 24.2. The summed E-state index contributed by atoms with van der Waals surface area (Å²) in [6.07, 6.45) is -0.214. The summed E-state index contributed by atoms with van der Waals surface area (Å²) >= 11 is 0. The maximum atomic E-state index is 13.4. The smallest absolute Gasteiger partial charge is 0.408 e. The molecule has 10 nitrogen and oxygen atoms in total. The van der Waals surface area contributed by atoms with E-state index in [2.05, 4.69) is 10.6 Å². The fourth-order valence-corrected chi connectivity index (χ4v) is 5.24. The molecule has 2 aliphatic carbocycles. The monoisotopic (exact) mass is 486 g/mol. The number of carboxylic acid groups (broad SMARTS) is 2. The predicted molar refractivity (Wildman–Crippen MR) is 122 cm³/mol. The van der Waals surface area contributed by atoms with Crippen molar-refractivity contribution in [2.75, 3.05) is 6.61 Å². The van der Waals surface area contributed by atoms with E-state index in [-0.39, 0.29) is 24.0 Å². The van der Waals surface area contributed by atoms with E-state index < -0.39 is 61.3 Å². The van der Waals surface area contributed by atoms with Crippen LogP contribution in [0.25, 0.3) is 0 Å². The third-order valence-electron chi connectivity index (χ3n) is 7.04. The van der Waals surface area contributed by atoms with Gasteiger partial charge in [0, 0.05) is 5.92 Å². The zero-order valence-corrected chi connectivity index (χ0v) is 21.8. The summed E-state index contributed by atoms with van der Waals surface area (Å²) in [4.78, 5) is 49.5. The largest absolute Gasteiger partial charge is 0.481 e. The van der Waals surface area contributed by atoms with E-state index in [1.165, 1.54) is 0 Å². The number of rotatable bonds is 8. The summed E-state index contributed by atoms with van der Waals surface area (Å²) in [6.45, 7) is 14.8. The van der Waals surface area contributed by atoms with Gasteiger partial charge in [0.2, 0.25) is 5.91 Å². The lowest BCUT2D eigenvalue weighted by molar-refractivity contribution is -0.145. The van der Waals surface area contributed by atoms with Crippen LogP contribution in [0.2, 0.25) is 18.1 Å². The fourth-order valence-electron chi connectivity index (χ4n) is 4.23. The van der Waals surface area contributed by atoms with Crippen molar-refractivity contribution in [1.82, 2.24) is 10.6 Å². The van der Waals surface area contributed by atoms with Crippen molar-refractivity contribution in [1.29, 1.82) is 0 Å². The Balaban J connectivity index is 2.24. The third kappa shape index (κ3) is 5.86. The minimum atomic E-state index is -2.28. The lowest BCUT2D eigenvalue weighted by Gasteiger charge is -2.37. The van der Waals surface area contributed by atoms with Crippen LogP contribution in [0.3, 0.4) is 0 Å². The molecule has 4 N–H and O–H groups in total. The predicted octanol–water partition coefficient (Wildman–Crippen LogP) is 2.58. The molecule has 11 heteroatoms. The number of carbonyl (C=O) groups is 4. The standard InChI is InChI=1S/C22H38N2O8Si/c1-20(2,3)32-19(30)24-22(10-9-12-14(15(12)22)17(27)28)18(29)23-13(16(25)26)11-31-33(7,8)21(4,5)6/h12-15H,9-11H2,1-8H3,(H,23,29)(H,24,30)(H,25,26)(H,27,28)/t12-,13-,14-,15-,22-/m0/s1. The Bertz CT molecular complexity index is 816. The van der Waals surface area contributed by atoms with Gasteiger partial charge in [0.1, 0.15) is 17.2 Å². The van der Waals surface area contributed by atoms with E-state index in [0.717, 1.165) is 0 Å². The number of hydrogen-bond donors (Lipinski definition) is 4. The van der Waals surface area contributed by atoms with Gasteiger partial charge < -0.3 is 30.0 Å². The van der Waals surface area contributed by atoms with Crippen molar-refractivity contribution >= 4 is 32.3 Å². The molecule has 2 amide bonds. The quantitative estimate of drug-likeness (QED) is 0.382. The molecule has 0 bridgehead atoms. The molecule has 0 heterocycles. The van der Waals surface area contributed by atoms with Gasteiger partial charge in [0.05, 0.1) is 12.5 Å². The highest BCUT2D eigenvalue weighted by Crippen LogP contribution is 2.62. The Morgan fingerprint density at radius 3 is 2.09 bits per heavy atom. The minimum absolute atomic E-state index is 0.152. The van der Waals surface area contributed by atoms with E-state index in [1.54, 1.807) is 20.8 Å². The van der Waals surface area contributed by atoms with Crippen molar-refractivity contribution in [2.24, 2.45) is 17.8 Å². The molecular formula is C22H38N2O8Si. The van der Waals surface area contributed by atoms with Gasteiger partial charge in [-0.3, -0.25) is 9.59 Å². The van der Waals surface area contributed by atoms with Crippen molar-refractivity contribution < 1.29 is 38.6 Å². The molecular weight excluding hydrogens is 448 g/mol. The Kier molecular flexibility index (Phi) is 7.31. The summed E-state index contributed by atoms with van der Waals surface area (Å²) in [5.74, 6) is -4.69. The van der Waals surface area contributed by atoms with Crippen LogP contribution in [0.1, 0.15) is 54.4 Å². The summed E-state index contributed by atoms with van der Waals surface area (Å²) < 4.78 is 11.3. The lowest BCUT2D eigenvalue weighted by atomic mass is 9.88. The number of fused-ring (bicyclic) bond motifs is 1. The number of alkyl carbamates (subject to hydrolysis) is 1. The van der Waals surface area contributed by atoms with Gasteiger partial charge in [-0.15, -0.1) is 0 Å². The van der Waals surface area contributed by atoms with Crippen molar-refractivity contribution in [3.63, 3.8) is 0 Å². The first-order valence-electron chi connectivity index (χ1n) is 11.2. The van der Waals surface area contributed by atoms with Gasteiger partial charge in [-0.1, -0.05) is 20.8 Å². The highest BCUT2D eigenvalue weighted by Gasteiger charge is 2.72. The number of nitrogens with one attached hydrogen (secondary N) is 2. The van der Waals surface area contributed by atoms with Gasteiger partial charge in [0.15, 0.2) is 8.32 Å². The number of hydrogen-bond acceptors (Lipinski definition) is 6. The zero-order valence-electron chi connectivity index (χ0n) is 20.8. The molecule has 2 saturated carbocycles. The highest BCUT2D eigenvalue weighted by molar-refractivity contribution is 6.74. The lowest BCUT2D eigenvalue weighted by Crippen LogP contribution is -2.63. The Labute approximate surface area is 195 Å². The second-order valence-electron chi connectivity index (χ2n) is 11.6. The van der Waals surface area contributed by atoms with Gasteiger partial charge >= 0.3 is 18.0 Å². The van der Waals surface area contributed by atoms with Crippen molar-refractivity contribution in [2.45, 2.75) is 89.7 Å². The van der Waals surface area contributed by atoms with E-state index >= 15 is 0 Å². The molecule has 0 aliphatic heterocycles. The molecule has 0 radical (unpaired) electrons. The molecule has 0 saturated heterocycles. The summed E-state index contributed by atoms with van der Waals surface area (Å²) in [5.41, 5.74) is -2.38. The summed E-state index contributed by atoms with van der Waals surface area (Å²) in [7, 11) is -2.28. The summed E-state index contributed by atoms with van der Waals surface area (Å²) in [6, 6.07) is -1.34. The second-order valence-corrected chi connectivity index (χ2v) is 16.4. The molecule has 2 fully saturated rings. The maximum Gasteiger partial charge on any atom is 0.408 e. The average Bonchev–Trinajstić information content (AvgIpc) is 3.24. The van der Waals surface area contributed by atoms with Crippen LogP contribution >= 0.6 is 0 Å². The number of carbonyl (C=O) groups excluding carboxylic acids is 2. The molecule has 0 aromatic rings. The van der Waals surface area contributed by atoms with Crippen LogP contribution in [0.4, 0.5) is 4.79 Å². The van der Waals surface area contributed by atoms with Crippen molar-refractivity contribution in [3.05, 3.63) is 0 Å². The first-order chi connectivity index (χ1) is 14.8. The van der Waals surface area contributed by atoms with E-state index in [1.807, 2.05) is 33.9 Å². The van der Waals surface area contributed by atoms with Gasteiger partial charge in [-0.2, -0.15) is 0 Å². The van der Waals surface area contributed by atoms with Crippen LogP contribution in [0.15, 0.2) is 0 Å². The third-order valence-corrected chi connectivity index (χ3v) is 11.5. The number of ether oxygens (including phenoxy) is 1. The fraction of sp³-hybridized carbons (Fsp3) is 0.818. The number of carboxylic acids is 2. The van der Waals surface area contributed by atoms with Crippen LogP contribution in [0, 0.1) is 17.8 Å². The highest BCUT2D eigenvalue weighted by atomic mass is 28.4. The molecule has 0 unspecified atom stereocenters. The van der Waals surface area contributed by atoms with E-state index in [4.69, 9.17) is 9.16 Å².